The van der Waals surface area contributed by atoms with Gasteiger partial charge in [0.1, 0.15) is 0 Å². The Hall–Kier alpha value is -2.07. The maximum Gasteiger partial charge on any atom is 0.243 e. The van der Waals surface area contributed by atoms with Crippen LogP contribution >= 0.6 is 11.3 Å². The second-order valence-corrected chi connectivity index (χ2v) is 10.2. The van der Waals surface area contributed by atoms with Crippen LogP contribution in [0, 0.1) is 13.8 Å². The van der Waals surface area contributed by atoms with E-state index in [4.69, 9.17) is 4.74 Å². The van der Waals surface area contributed by atoms with Crippen molar-refractivity contribution in [2.75, 3.05) is 31.6 Å². The summed E-state index contributed by atoms with van der Waals surface area (Å²) < 4.78 is 32.1. The predicted octanol–water partition coefficient (Wildman–Crippen LogP) is 2.99. The van der Waals surface area contributed by atoms with Crippen molar-refractivity contribution in [2.24, 2.45) is 0 Å². The van der Waals surface area contributed by atoms with E-state index in [0.29, 0.717) is 37.6 Å². The third-order valence-corrected chi connectivity index (χ3v) is 7.51. The summed E-state index contributed by atoms with van der Waals surface area (Å²) in [7, 11) is -3.64. The van der Waals surface area contributed by atoms with Crippen LogP contribution in [0.5, 0.6) is 0 Å². The number of morpholine rings is 1. The Morgan fingerprint density at radius 3 is 2.52 bits per heavy atom. The van der Waals surface area contributed by atoms with E-state index in [1.165, 1.54) is 16.4 Å². The molecule has 1 fully saturated rings. The average Bonchev–Trinajstić information content (AvgIpc) is 3.05. The second kappa shape index (κ2) is 9.17. The molecule has 1 N–H and O–H groups in total. The minimum atomic E-state index is -3.64. The van der Waals surface area contributed by atoms with E-state index in [1.807, 2.05) is 19.9 Å². The van der Waals surface area contributed by atoms with E-state index in [-0.39, 0.29) is 29.4 Å². The topological polar surface area (TPSA) is 92.8 Å². The van der Waals surface area contributed by atoms with Crippen molar-refractivity contribution >= 4 is 38.7 Å². The molecule has 1 amide bonds. The molecule has 1 aromatic carbocycles. The fourth-order valence-corrected chi connectivity index (χ4v) is 5.56. The molecule has 156 valence electrons. The van der Waals surface area contributed by atoms with E-state index in [9.17, 15) is 18.0 Å². The number of hydrogen-bond acceptors (Lipinski definition) is 6. The zero-order valence-corrected chi connectivity index (χ0v) is 18.1. The molecule has 7 nitrogen and oxygen atoms in total. The number of benzene rings is 1. The van der Waals surface area contributed by atoms with Crippen LogP contribution in [-0.2, 0) is 19.6 Å². The van der Waals surface area contributed by atoms with E-state index in [0.717, 1.165) is 9.75 Å². The highest BCUT2D eigenvalue weighted by atomic mass is 32.2. The van der Waals surface area contributed by atoms with Crippen molar-refractivity contribution in [1.29, 1.82) is 0 Å². The van der Waals surface area contributed by atoms with E-state index in [2.05, 4.69) is 5.32 Å². The highest BCUT2D eigenvalue weighted by Gasteiger charge is 2.26. The van der Waals surface area contributed by atoms with Crippen molar-refractivity contribution in [3.05, 3.63) is 45.6 Å². The third kappa shape index (κ3) is 5.30. The molecule has 1 aromatic heterocycles. The number of nitrogens with one attached hydrogen (secondary N) is 1. The number of ketones is 1. The number of hydrogen-bond donors (Lipinski definition) is 1. The van der Waals surface area contributed by atoms with Crippen molar-refractivity contribution in [1.82, 2.24) is 4.31 Å². The van der Waals surface area contributed by atoms with Gasteiger partial charge in [-0.25, -0.2) is 8.42 Å². The molecule has 1 aliphatic heterocycles. The number of carbonyl (C=O) groups excluding carboxylic acids is 2. The van der Waals surface area contributed by atoms with Gasteiger partial charge in [0.05, 0.1) is 18.1 Å². The van der Waals surface area contributed by atoms with Gasteiger partial charge in [-0.15, -0.1) is 11.3 Å². The van der Waals surface area contributed by atoms with Crippen molar-refractivity contribution in [3.8, 4) is 0 Å². The van der Waals surface area contributed by atoms with Crippen molar-refractivity contribution < 1.29 is 22.7 Å². The second-order valence-electron chi connectivity index (χ2n) is 6.84. The van der Waals surface area contributed by atoms with Gasteiger partial charge < -0.3 is 10.1 Å². The zero-order chi connectivity index (χ0) is 21.0. The molecular formula is C20H24N2O5S2. The molecular weight excluding hydrogens is 412 g/mol. The molecule has 0 spiro atoms. The average molecular weight is 437 g/mol. The molecule has 0 unspecified atom stereocenters. The first-order valence-electron chi connectivity index (χ1n) is 9.35. The van der Waals surface area contributed by atoms with Crippen LogP contribution < -0.4 is 5.32 Å². The number of amides is 1. The van der Waals surface area contributed by atoms with E-state index in [1.54, 1.807) is 23.5 Å². The van der Waals surface area contributed by atoms with Gasteiger partial charge in [-0.2, -0.15) is 4.31 Å². The van der Waals surface area contributed by atoms with Gasteiger partial charge >= 0.3 is 0 Å². The summed E-state index contributed by atoms with van der Waals surface area (Å²) in [5, 5.41) is 2.69. The molecule has 9 heteroatoms. The lowest BCUT2D eigenvalue weighted by Crippen LogP contribution is -2.40. The summed E-state index contributed by atoms with van der Waals surface area (Å²) in [4.78, 5) is 26.7. The minimum Gasteiger partial charge on any atom is -0.379 e. The minimum absolute atomic E-state index is 0.0353. The molecule has 0 radical (unpaired) electrons. The predicted molar refractivity (Wildman–Crippen MR) is 112 cm³/mol. The van der Waals surface area contributed by atoms with Gasteiger partial charge in [-0.1, -0.05) is 6.07 Å². The first-order valence-corrected chi connectivity index (χ1v) is 11.6. The van der Waals surface area contributed by atoms with Crippen LogP contribution in [0.2, 0.25) is 0 Å². The van der Waals surface area contributed by atoms with E-state index < -0.39 is 10.0 Å². The fraction of sp³-hybridized carbons (Fsp3) is 0.400. The smallest absolute Gasteiger partial charge is 0.243 e. The molecule has 0 atom stereocenters. The number of ether oxygens (including phenoxy) is 1. The lowest BCUT2D eigenvalue weighted by molar-refractivity contribution is -0.116. The number of aryl methyl sites for hydroxylation is 2. The molecule has 1 saturated heterocycles. The zero-order valence-electron chi connectivity index (χ0n) is 16.4. The highest BCUT2D eigenvalue weighted by molar-refractivity contribution is 7.89. The lowest BCUT2D eigenvalue weighted by Gasteiger charge is -2.26. The monoisotopic (exact) mass is 436 g/mol. The lowest BCUT2D eigenvalue weighted by atomic mass is 10.1. The van der Waals surface area contributed by atoms with Gasteiger partial charge in [0.15, 0.2) is 5.78 Å². The molecule has 2 heterocycles. The third-order valence-electron chi connectivity index (χ3n) is 4.65. The quantitative estimate of drug-likeness (QED) is 0.674. The van der Waals surface area contributed by atoms with Crippen LogP contribution in [0.15, 0.2) is 35.2 Å². The number of thiophene rings is 1. The maximum absolute atomic E-state index is 12.7. The van der Waals surface area contributed by atoms with Crippen LogP contribution in [0.3, 0.4) is 0 Å². The Labute approximate surface area is 174 Å². The van der Waals surface area contributed by atoms with Crippen molar-refractivity contribution in [3.63, 3.8) is 0 Å². The number of anilines is 1. The fourth-order valence-electron chi connectivity index (χ4n) is 3.16. The molecule has 2 aromatic rings. The van der Waals surface area contributed by atoms with Gasteiger partial charge in [-0.05, 0) is 38.1 Å². The SMILES string of the molecule is Cc1cc(C(=O)CCC(=O)Nc2cccc(S(=O)(=O)N3CCOCC3)c2)c(C)s1. The van der Waals surface area contributed by atoms with Gasteiger partial charge in [-0.3, -0.25) is 9.59 Å². The van der Waals surface area contributed by atoms with E-state index >= 15 is 0 Å². The molecule has 29 heavy (non-hydrogen) atoms. The Balaban J connectivity index is 1.61. The Morgan fingerprint density at radius 1 is 1.14 bits per heavy atom. The van der Waals surface area contributed by atoms with Crippen LogP contribution in [-0.4, -0.2) is 50.7 Å². The highest BCUT2D eigenvalue weighted by Crippen LogP contribution is 2.23. The van der Waals surface area contributed by atoms with Gasteiger partial charge in [0, 0.05) is 46.9 Å². The summed E-state index contributed by atoms with van der Waals surface area (Å²) in [6.07, 6.45) is 0.141. The van der Waals surface area contributed by atoms with Crippen molar-refractivity contribution in [2.45, 2.75) is 31.6 Å². The number of carbonyl (C=O) groups is 2. The molecule has 0 aliphatic carbocycles. The Kier molecular flexibility index (Phi) is 6.84. The summed E-state index contributed by atoms with van der Waals surface area (Å²) in [6, 6.07) is 8.01. The molecule has 0 saturated carbocycles. The summed E-state index contributed by atoms with van der Waals surface area (Å²) in [5.41, 5.74) is 1.05. The molecule has 1 aliphatic rings. The summed E-state index contributed by atoms with van der Waals surface area (Å²) in [5.74, 6) is -0.394. The first kappa shape index (κ1) is 21.6. The number of rotatable bonds is 7. The molecule has 0 bridgehead atoms. The maximum atomic E-state index is 12.7. The van der Waals surface area contributed by atoms with Crippen LogP contribution in [0.4, 0.5) is 5.69 Å². The number of sulfonamides is 1. The summed E-state index contributed by atoms with van der Waals surface area (Å²) >= 11 is 1.56. The standard InChI is InChI=1S/C20H24N2O5S2/c1-14-12-18(15(2)28-14)19(23)6-7-20(24)21-16-4-3-5-17(13-16)29(25,26)22-8-10-27-11-9-22/h3-5,12-13H,6-11H2,1-2H3,(H,21,24). The number of Topliss-reactive ketones (excluding diaryl/α,β-unsaturated/α-hetero) is 1. The normalized spacial score (nSPS) is 15.2. The molecule has 3 rings (SSSR count). The van der Waals surface area contributed by atoms with Gasteiger partial charge in [0.25, 0.3) is 0 Å². The first-order chi connectivity index (χ1) is 13.8. The Bertz CT molecular complexity index is 1010. The van der Waals surface area contributed by atoms with Crippen LogP contribution in [0.25, 0.3) is 0 Å². The number of nitrogens with zero attached hydrogens (tertiary/aromatic N) is 1. The largest absolute Gasteiger partial charge is 0.379 e. The van der Waals surface area contributed by atoms with Gasteiger partial charge in [0.2, 0.25) is 15.9 Å². The van der Waals surface area contributed by atoms with Crippen LogP contribution in [0.1, 0.15) is 33.0 Å². The Morgan fingerprint density at radius 2 is 1.86 bits per heavy atom. The summed E-state index contributed by atoms with van der Waals surface area (Å²) in [6.45, 7) is 5.19.